The molecule has 0 aliphatic carbocycles. The molecule has 0 amide bonds. The van der Waals surface area contributed by atoms with E-state index in [-0.39, 0.29) is 12.1 Å². The molecule has 1 aliphatic rings. The molecule has 0 atom stereocenters. The highest BCUT2D eigenvalue weighted by Crippen LogP contribution is 2.39. The molecular weight excluding hydrogens is 286 g/mol. The van der Waals surface area contributed by atoms with Crippen LogP contribution in [0.15, 0.2) is 24.3 Å². The summed E-state index contributed by atoms with van der Waals surface area (Å²) in [4.78, 5) is 4.42. The van der Waals surface area contributed by atoms with E-state index in [1.165, 1.54) is 12.1 Å². The van der Waals surface area contributed by atoms with Crippen LogP contribution >= 0.6 is 0 Å². The summed E-state index contributed by atoms with van der Waals surface area (Å²) in [5, 5.41) is 0. The molecule has 2 aromatic rings. The van der Waals surface area contributed by atoms with Gasteiger partial charge in [0.25, 0.3) is 0 Å². The van der Waals surface area contributed by atoms with Crippen molar-refractivity contribution in [1.29, 1.82) is 0 Å². The third kappa shape index (κ3) is 2.68. The van der Waals surface area contributed by atoms with Gasteiger partial charge in [-0.25, -0.2) is 13.8 Å². The fourth-order valence-corrected chi connectivity index (χ4v) is 2.72. The first-order valence-corrected chi connectivity index (χ1v) is 7.27. The molecule has 0 saturated carbocycles. The molecule has 1 aromatic heterocycles. The number of nitrogens with two attached hydrogens (primary N) is 1. The molecule has 0 saturated heterocycles. The Bertz CT molecular complexity index is 729. The Morgan fingerprint density at radius 2 is 2.00 bits per heavy atom. The van der Waals surface area contributed by atoms with E-state index >= 15 is 0 Å². The molecule has 0 bridgehead atoms. The molecule has 3 nitrogen and oxygen atoms in total. The zero-order valence-electron chi connectivity index (χ0n) is 12.6. The fraction of sp³-hybridized carbons (Fsp3) is 0.353. The van der Waals surface area contributed by atoms with Crippen molar-refractivity contribution in [3.8, 4) is 17.0 Å². The predicted molar refractivity (Wildman–Crippen MR) is 80.5 cm³/mol. The molecule has 2 heterocycles. The van der Waals surface area contributed by atoms with Gasteiger partial charge in [0.2, 0.25) is 5.88 Å². The number of aromatic nitrogens is 1. The van der Waals surface area contributed by atoms with Crippen molar-refractivity contribution in [1.82, 2.24) is 4.98 Å². The summed E-state index contributed by atoms with van der Waals surface area (Å²) in [6.45, 7) is 4.21. The number of hydrogen-bond donors (Lipinski definition) is 1. The smallest absolute Gasteiger partial charge is 0.217 e. The van der Waals surface area contributed by atoms with E-state index < -0.39 is 11.6 Å². The van der Waals surface area contributed by atoms with E-state index in [4.69, 9.17) is 10.5 Å². The average molecular weight is 304 g/mol. The second-order valence-corrected chi connectivity index (χ2v) is 6.13. The average Bonchev–Trinajstić information content (AvgIpc) is 2.45. The van der Waals surface area contributed by atoms with E-state index in [0.717, 1.165) is 24.5 Å². The number of ether oxygens (including phenoxy) is 1. The highest BCUT2D eigenvalue weighted by Gasteiger charge is 2.30. The van der Waals surface area contributed by atoms with Crippen LogP contribution in [0, 0.1) is 11.6 Å². The van der Waals surface area contributed by atoms with Crippen molar-refractivity contribution in [2.45, 2.75) is 38.8 Å². The second-order valence-electron chi connectivity index (χ2n) is 6.13. The van der Waals surface area contributed by atoms with Gasteiger partial charge in [0, 0.05) is 23.7 Å². The maximum atomic E-state index is 14.2. The van der Waals surface area contributed by atoms with Crippen LogP contribution in [-0.4, -0.2) is 10.6 Å². The lowest BCUT2D eigenvalue weighted by Gasteiger charge is -2.33. The molecule has 0 unspecified atom stereocenters. The summed E-state index contributed by atoms with van der Waals surface area (Å²) < 4.78 is 33.2. The monoisotopic (exact) mass is 304 g/mol. The number of hydrogen-bond acceptors (Lipinski definition) is 3. The number of halogens is 2. The molecular formula is C17H18F2N2O. The molecule has 22 heavy (non-hydrogen) atoms. The second kappa shape index (κ2) is 5.32. The number of pyridine rings is 1. The van der Waals surface area contributed by atoms with Gasteiger partial charge in [-0.3, -0.25) is 0 Å². The van der Waals surface area contributed by atoms with Crippen LogP contribution in [-0.2, 0) is 13.0 Å². The third-order valence-corrected chi connectivity index (χ3v) is 3.92. The number of rotatable bonds is 2. The summed E-state index contributed by atoms with van der Waals surface area (Å²) in [6.07, 6.45) is 1.53. The predicted octanol–water partition coefficient (Wildman–Crippen LogP) is 3.59. The minimum atomic E-state index is -0.597. The van der Waals surface area contributed by atoms with Crippen molar-refractivity contribution < 1.29 is 13.5 Å². The van der Waals surface area contributed by atoms with Crippen LogP contribution in [0.2, 0.25) is 0 Å². The summed E-state index contributed by atoms with van der Waals surface area (Å²) in [7, 11) is 0. The molecule has 116 valence electrons. The standard InChI is InChI=1S/C17H18F2N2O/c1-17(2)6-5-13-14(8-11(9-20)21-16(13)22-17)12-4-3-10(18)7-15(12)19/h3-4,7-8H,5-6,9,20H2,1-2H3. The Morgan fingerprint density at radius 3 is 2.68 bits per heavy atom. The van der Waals surface area contributed by atoms with Crippen LogP contribution in [0.5, 0.6) is 5.88 Å². The zero-order valence-corrected chi connectivity index (χ0v) is 12.6. The SMILES string of the molecule is CC1(C)CCc2c(-c3ccc(F)cc3F)cc(CN)nc2O1. The molecule has 0 spiro atoms. The maximum Gasteiger partial charge on any atom is 0.217 e. The van der Waals surface area contributed by atoms with Gasteiger partial charge in [-0.2, -0.15) is 0 Å². The van der Waals surface area contributed by atoms with Gasteiger partial charge in [0.1, 0.15) is 17.2 Å². The third-order valence-electron chi connectivity index (χ3n) is 3.92. The molecule has 0 fully saturated rings. The Morgan fingerprint density at radius 1 is 1.23 bits per heavy atom. The highest BCUT2D eigenvalue weighted by atomic mass is 19.1. The maximum absolute atomic E-state index is 14.2. The summed E-state index contributed by atoms with van der Waals surface area (Å²) in [6, 6.07) is 5.34. The lowest BCUT2D eigenvalue weighted by molar-refractivity contribution is 0.0782. The van der Waals surface area contributed by atoms with Crippen molar-refractivity contribution in [3.63, 3.8) is 0 Å². The molecule has 0 radical (unpaired) electrons. The Labute approximate surface area is 128 Å². The first-order chi connectivity index (χ1) is 10.4. The Balaban J connectivity index is 2.19. The lowest BCUT2D eigenvalue weighted by atomic mass is 9.90. The van der Waals surface area contributed by atoms with Gasteiger partial charge in [-0.1, -0.05) is 0 Å². The molecule has 5 heteroatoms. The molecule has 1 aliphatic heterocycles. The first kappa shape index (κ1) is 14.9. The van der Waals surface area contributed by atoms with Gasteiger partial charge in [-0.05, 0) is 50.5 Å². The quantitative estimate of drug-likeness (QED) is 0.922. The van der Waals surface area contributed by atoms with Gasteiger partial charge in [0.05, 0.1) is 5.69 Å². The lowest BCUT2D eigenvalue weighted by Crippen LogP contribution is -2.33. The normalized spacial score (nSPS) is 16.0. The topological polar surface area (TPSA) is 48.1 Å². The van der Waals surface area contributed by atoms with E-state index in [1.54, 1.807) is 6.07 Å². The summed E-state index contributed by atoms with van der Waals surface area (Å²) in [5.41, 5.74) is 7.87. The van der Waals surface area contributed by atoms with Crippen LogP contribution < -0.4 is 10.5 Å². The molecule has 3 rings (SSSR count). The largest absolute Gasteiger partial charge is 0.471 e. The molecule has 2 N–H and O–H groups in total. The van der Waals surface area contributed by atoms with E-state index in [1.807, 2.05) is 13.8 Å². The van der Waals surface area contributed by atoms with Crippen molar-refractivity contribution in [3.05, 3.63) is 47.2 Å². The van der Waals surface area contributed by atoms with E-state index in [0.29, 0.717) is 22.7 Å². The van der Waals surface area contributed by atoms with Gasteiger partial charge in [0.15, 0.2) is 0 Å². The fourth-order valence-electron chi connectivity index (χ4n) is 2.72. The van der Waals surface area contributed by atoms with Gasteiger partial charge >= 0.3 is 0 Å². The number of fused-ring (bicyclic) bond motifs is 1. The van der Waals surface area contributed by atoms with Crippen molar-refractivity contribution in [2.24, 2.45) is 5.73 Å². The minimum Gasteiger partial charge on any atom is -0.471 e. The Hall–Kier alpha value is -2.01. The summed E-state index contributed by atoms with van der Waals surface area (Å²) in [5.74, 6) is -0.695. The first-order valence-electron chi connectivity index (χ1n) is 7.27. The van der Waals surface area contributed by atoms with Gasteiger partial charge < -0.3 is 10.5 Å². The highest BCUT2D eigenvalue weighted by molar-refractivity contribution is 5.70. The minimum absolute atomic E-state index is 0.229. The van der Waals surface area contributed by atoms with Gasteiger partial charge in [-0.15, -0.1) is 0 Å². The zero-order chi connectivity index (χ0) is 15.9. The van der Waals surface area contributed by atoms with Crippen LogP contribution in [0.1, 0.15) is 31.5 Å². The number of benzene rings is 1. The molecule has 1 aromatic carbocycles. The van der Waals surface area contributed by atoms with Crippen molar-refractivity contribution in [2.75, 3.05) is 0 Å². The van der Waals surface area contributed by atoms with Crippen LogP contribution in [0.25, 0.3) is 11.1 Å². The Kier molecular flexibility index (Phi) is 3.60. The number of nitrogens with zero attached hydrogens (tertiary/aromatic N) is 1. The van der Waals surface area contributed by atoms with Crippen LogP contribution in [0.3, 0.4) is 0 Å². The van der Waals surface area contributed by atoms with E-state index in [9.17, 15) is 8.78 Å². The van der Waals surface area contributed by atoms with E-state index in [2.05, 4.69) is 4.98 Å². The van der Waals surface area contributed by atoms with Crippen molar-refractivity contribution >= 4 is 0 Å². The summed E-state index contributed by atoms with van der Waals surface area (Å²) >= 11 is 0. The van der Waals surface area contributed by atoms with Crippen LogP contribution in [0.4, 0.5) is 8.78 Å².